The number of anilines is 3. The molecule has 0 fully saturated rings. The summed E-state index contributed by atoms with van der Waals surface area (Å²) in [6.45, 7) is 1.93. The number of benzene rings is 1. The molecular weight excluding hydrogens is 430 g/mol. The molecule has 0 bridgehead atoms. The summed E-state index contributed by atoms with van der Waals surface area (Å²) in [5.41, 5.74) is 0.954. The van der Waals surface area contributed by atoms with Crippen LogP contribution in [-0.4, -0.2) is 18.1 Å². The monoisotopic (exact) mass is 451 g/mol. The molecule has 1 unspecified atom stereocenters. The van der Waals surface area contributed by atoms with E-state index in [4.69, 9.17) is 4.42 Å². The molecule has 0 aliphatic heterocycles. The summed E-state index contributed by atoms with van der Waals surface area (Å²) in [6.07, 6.45) is 2.26. The van der Waals surface area contributed by atoms with Gasteiger partial charge in [0.05, 0.1) is 23.6 Å². The van der Waals surface area contributed by atoms with Crippen LogP contribution >= 0.6 is 11.3 Å². The highest BCUT2D eigenvalue weighted by Crippen LogP contribution is 2.34. The summed E-state index contributed by atoms with van der Waals surface area (Å²) in [5, 5.41) is 22.7. The minimum absolute atomic E-state index is 0.0300. The van der Waals surface area contributed by atoms with Gasteiger partial charge in [-0.1, -0.05) is 13.0 Å². The normalized spacial score (nSPS) is 11.9. The van der Waals surface area contributed by atoms with Crippen LogP contribution in [-0.2, 0) is 0 Å². The van der Waals surface area contributed by atoms with Gasteiger partial charge in [-0.05, 0) is 47.0 Å². The van der Waals surface area contributed by atoms with Crippen LogP contribution < -0.4 is 26.8 Å². The lowest BCUT2D eigenvalue weighted by Crippen LogP contribution is -2.37. The molecule has 1 amide bonds. The van der Waals surface area contributed by atoms with Crippen molar-refractivity contribution in [2.45, 2.75) is 19.4 Å². The number of phenolic OH excluding ortho intramolecular Hbond substituents is 1. The summed E-state index contributed by atoms with van der Waals surface area (Å²) in [4.78, 5) is 36.4. The summed E-state index contributed by atoms with van der Waals surface area (Å²) in [5.74, 6) is -0.152. The average molecular weight is 452 g/mol. The van der Waals surface area contributed by atoms with Crippen LogP contribution in [0.25, 0.3) is 11.1 Å². The predicted molar refractivity (Wildman–Crippen MR) is 125 cm³/mol. The highest BCUT2D eigenvalue weighted by molar-refractivity contribution is 7.08. The second-order valence-corrected chi connectivity index (χ2v) is 7.95. The van der Waals surface area contributed by atoms with Gasteiger partial charge in [-0.3, -0.25) is 14.4 Å². The number of nitrogens with one attached hydrogen (secondary N) is 3. The number of carbonyl (C=O) groups is 1. The maximum Gasteiger partial charge on any atom is 0.254 e. The van der Waals surface area contributed by atoms with Crippen molar-refractivity contribution in [3.63, 3.8) is 0 Å². The van der Waals surface area contributed by atoms with E-state index in [1.165, 1.54) is 19.2 Å². The van der Waals surface area contributed by atoms with E-state index in [1.54, 1.807) is 23.7 Å². The van der Waals surface area contributed by atoms with Crippen LogP contribution in [0.5, 0.6) is 5.75 Å². The first-order chi connectivity index (χ1) is 15.4. The molecule has 4 aromatic rings. The maximum atomic E-state index is 12.3. The van der Waals surface area contributed by atoms with Crippen LogP contribution in [0.4, 0.5) is 17.1 Å². The molecule has 164 valence electrons. The van der Waals surface area contributed by atoms with Crippen molar-refractivity contribution >= 4 is 34.3 Å². The molecular formula is C23H21N3O5S. The van der Waals surface area contributed by atoms with Gasteiger partial charge in [-0.15, -0.1) is 0 Å². The smallest absolute Gasteiger partial charge is 0.254 e. The van der Waals surface area contributed by atoms with E-state index in [9.17, 15) is 19.5 Å². The molecule has 1 atom stereocenters. The molecule has 0 spiro atoms. The highest BCUT2D eigenvalue weighted by atomic mass is 32.1. The fraction of sp³-hybridized carbons (Fsp3) is 0.174. The molecule has 9 heteroatoms. The molecule has 32 heavy (non-hydrogen) atoms. The number of amides is 1. The molecule has 0 aliphatic rings. The summed E-state index contributed by atoms with van der Waals surface area (Å²) in [7, 11) is 1.45. The predicted octanol–water partition coefficient (Wildman–Crippen LogP) is 3.98. The van der Waals surface area contributed by atoms with Crippen molar-refractivity contribution in [1.29, 1.82) is 0 Å². The molecule has 4 N–H and O–H groups in total. The number of thiophene rings is 1. The lowest BCUT2D eigenvalue weighted by Gasteiger charge is -2.20. The van der Waals surface area contributed by atoms with Gasteiger partial charge in [0.2, 0.25) is 0 Å². The Kier molecular flexibility index (Phi) is 5.83. The van der Waals surface area contributed by atoms with Gasteiger partial charge in [0, 0.05) is 12.6 Å². The highest BCUT2D eigenvalue weighted by Gasteiger charge is 2.26. The minimum Gasteiger partial charge on any atom is -0.505 e. The maximum absolute atomic E-state index is 12.3. The van der Waals surface area contributed by atoms with Crippen LogP contribution in [0.2, 0.25) is 0 Å². The Morgan fingerprint density at radius 3 is 2.62 bits per heavy atom. The summed E-state index contributed by atoms with van der Waals surface area (Å²) < 4.78 is 5.72. The number of rotatable bonds is 8. The van der Waals surface area contributed by atoms with E-state index < -0.39 is 16.8 Å². The minimum atomic E-state index is -0.703. The molecule has 2 heterocycles. The Morgan fingerprint density at radius 1 is 1.16 bits per heavy atom. The molecule has 4 rings (SSSR count). The lowest BCUT2D eigenvalue weighted by molar-refractivity contribution is 0.0960. The Hall–Kier alpha value is -3.85. The number of carbonyl (C=O) groups excluding carboxylic acids is 1. The van der Waals surface area contributed by atoms with Gasteiger partial charge in [0.25, 0.3) is 16.8 Å². The van der Waals surface area contributed by atoms with E-state index in [2.05, 4.69) is 16.0 Å². The van der Waals surface area contributed by atoms with E-state index in [1.807, 2.05) is 29.8 Å². The second kappa shape index (κ2) is 8.72. The van der Waals surface area contributed by atoms with Gasteiger partial charge in [0.1, 0.15) is 17.1 Å². The molecule has 0 saturated heterocycles. The van der Waals surface area contributed by atoms with Gasteiger partial charge in [0.15, 0.2) is 5.75 Å². The first kappa shape index (κ1) is 21.4. The first-order valence-corrected chi connectivity index (χ1v) is 10.9. The van der Waals surface area contributed by atoms with Gasteiger partial charge >= 0.3 is 0 Å². The van der Waals surface area contributed by atoms with Crippen LogP contribution in [0, 0.1) is 0 Å². The number of hydrogen-bond acceptors (Lipinski definition) is 8. The van der Waals surface area contributed by atoms with E-state index in [0.29, 0.717) is 12.2 Å². The SMILES string of the molecule is CCC(Nc1c(Nc2cccc(C(=O)NC)c2O)c(=O)c1=O)c1cc(-c2ccsc2)co1. The third-order valence-corrected chi connectivity index (χ3v) is 5.91. The largest absolute Gasteiger partial charge is 0.505 e. The van der Waals surface area contributed by atoms with E-state index in [-0.39, 0.29) is 34.4 Å². The zero-order valence-electron chi connectivity index (χ0n) is 17.4. The molecule has 0 aliphatic carbocycles. The average Bonchev–Trinajstić information content (AvgIpc) is 3.51. The zero-order chi connectivity index (χ0) is 22.8. The number of para-hydroxylation sites is 1. The van der Waals surface area contributed by atoms with Crippen molar-refractivity contribution in [2.24, 2.45) is 0 Å². The second-order valence-electron chi connectivity index (χ2n) is 7.17. The summed E-state index contributed by atoms with van der Waals surface area (Å²) in [6, 6.07) is 8.09. The zero-order valence-corrected chi connectivity index (χ0v) is 18.2. The number of phenols is 1. The number of aromatic hydroxyl groups is 1. The molecule has 2 aromatic carbocycles. The van der Waals surface area contributed by atoms with Gasteiger partial charge < -0.3 is 25.5 Å². The third-order valence-electron chi connectivity index (χ3n) is 5.22. The van der Waals surface area contributed by atoms with Crippen molar-refractivity contribution in [3.05, 3.63) is 79.1 Å². The van der Waals surface area contributed by atoms with Crippen molar-refractivity contribution in [1.82, 2.24) is 5.32 Å². The molecule has 0 radical (unpaired) electrons. The Morgan fingerprint density at radius 2 is 1.94 bits per heavy atom. The van der Waals surface area contributed by atoms with Crippen molar-refractivity contribution in [3.8, 4) is 16.9 Å². The quantitative estimate of drug-likeness (QED) is 0.236. The standard InChI is InChI=1S/C23H21N3O5S/c1-3-15(17-9-13(10-31-17)12-7-8-32-11-12)25-18-19(22(29)21(18)28)26-16-6-4-5-14(20(16)27)23(30)24-2/h4-11,15,25-27H,3H2,1-2H3,(H,24,30). The van der Waals surface area contributed by atoms with Crippen molar-refractivity contribution < 1.29 is 14.3 Å². The number of furan rings is 1. The fourth-order valence-electron chi connectivity index (χ4n) is 3.41. The fourth-order valence-corrected chi connectivity index (χ4v) is 4.07. The Bertz CT molecular complexity index is 1330. The van der Waals surface area contributed by atoms with Crippen LogP contribution in [0.3, 0.4) is 0 Å². The van der Waals surface area contributed by atoms with E-state index >= 15 is 0 Å². The van der Waals surface area contributed by atoms with Gasteiger partial charge in [-0.25, -0.2) is 0 Å². The van der Waals surface area contributed by atoms with Crippen molar-refractivity contribution in [2.75, 3.05) is 17.7 Å². The molecule has 0 saturated carbocycles. The topological polar surface area (TPSA) is 121 Å². The first-order valence-electron chi connectivity index (χ1n) is 9.96. The van der Waals surface area contributed by atoms with E-state index in [0.717, 1.165) is 11.1 Å². The van der Waals surface area contributed by atoms with Crippen LogP contribution in [0.1, 0.15) is 35.5 Å². The lowest BCUT2D eigenvalue weighted by atomic mass is 10.1. The summed E-state index contributed by atoms with van der Waals surface area (Å²) >= 11 is 1.59. The Labute approximate surface area is 187 Å². The third kappa shape index (κ3) is 3.78. The van der Waals surface area contributed by atoms with Gasteiger partial charge in [-0.2, -0.15) is 11.3 Å². The number of hydrogen-bond donors (Lipinski definition) is 4. The molecule has 2 aromatic heterocycles. The molecule has 8 nitrogen and oxygen atoms in total. The Balaban J connectivity index is 1.59. The van der Waals surface area contributed by atoms with Crippen LogP contribution in [0.15, 0.2) is 61.4 Å².